The van der Waals surface area contributed by atoms with E-state index in [-0.39, 0.29) is 0 Å². The molecule has 0 spiro atoms. The first-order chi connectivity index (χ1) is 7.18. The lowest BCUT2D eigenvalue weighted by Gasteiger charge is -1.97. The highest BCUT2D eigenvalue weighted by Gasteiger charge is 2.03. The van der Waals surface area contributed by atoms with Crippen molar-refractivity contribution in [2.75, 3.05) is 0 Å². The summed E-state index contributed by atoms with van der Waals surface area (Å²) in [6.45, 7) is 2.19. The number of rotatable bonds is 9. The summed E-state index contributed by atoms with van der Waals surface area (Å²) in [5.41, 5.74) is 0. The summed E-state index contributed by atoms with van der Waals surface area (Å²) in [6.07, 6.45) is 11.2. The molecule has 3 heteroatoms. The quantitative estimate of drug-likeness (QED) is 0.262. The van der Waals surface area contributed by atoms with Crippen molar-refractivity contribution in [3.8, 4) is 0 Å². The van der Waals surface area contributed by atoms with Crippen molar-refractivity contribution in [1.82, 2.24) is 0 Å². The van der Waals surface area contributed by atoms with Crippen LogP contribution in [-0.2, 0) is 9.59 Å². The highest BCUT2D eigenvalue weighted by atomic mass is 35.5. The molecule has 86 valence electrons. The summed E-state index contributed by atoms with van der Waals surface area (Å²) < 4.78 is 0. The van der Waals surface area contributed by atoms with Gasteiger partial charge in [-0.2, -0.15) is 0 Å². The Labute approximate surface area is 96.7 Å². The van der Waals surface area contributed by atoms with E-state index in [2.05, 4.69) is 6.92 Å². The molecule has 0 bridgehead atoms. The maximum Gasteiger partial charge on any atom is 0.292 e. The highest BCUT2D eigenvalue weighted by molar-refractivity contribution is 6.82. The molecule has 0 atom stereocenters. The minimum absolute atomic E-state index is 0.623. The number of hydrogen-bond acceptors (Lipinski definition) is 2. The first-order valence-corrected chi connectivity index (χ1v) is 5.96. The third-order valence-electron chi connectivity index (χ3n) is 2.19. The van der Waals surface area contributed by atoms with E-state index in [0.717, 1.165) is 12.8 Å². The van der Waals surface area contributed by atoms with Crippen LogP contribution in [0.25, 0.3) is 0 Å². The van der Waals surface area contributed by atoms with Crippen LogP contribution >= 0.6 is 11.6 Å². The normalized spacial score (nSPS) is 10.8. The standard InChI is InChI=1S/C12H19ClO2/c1-2-3-4-5-6-7-8-9-10-11(14)12(13)15/h9-10H,2-8H2,1H3. The smallest absolute Gasteiger partial charge is 0.285 e. The number of carbonyl (C=O) groups excluding carboxylic acids is 2. The molecule has 15 heavy (non-hydrogen) atoms. The molecule has 0 aliphatic heterocycles. The van der Waals surface area contributed by atoms with Gasteiger partial charge in [-0.05, 0) is 30.5 Å². The van der Waals surface area contributed by atoms with Crippen LogP contribution < -0.4 is 0 Å². The summed E-state index contributed by atoms with van der Waals surface area (Å²) in [6, 6.07) is 0. The summed E-state index contributed by atoms with van der Waals surface area (Å²) in [7, 11) is 0. The van der Waals surface area contributed by atoms with Crippen molar-refractivity contribution in [2.24, 2.45) is 0 Å². The third-order valence-corrected chi connectivity index (χ3v) is 2.37. The lowest BCUT2D eigenvalue weighted by molar-refractivity contribution is -0.129. The van der Waals surface area contributed by atoms with Crippen molar-refractivity contribution in [1.29, 1.82) is 0 Å². The van der Waals surface area contributed by atoms with E-state index in [4.69, 9.17) is 11.6 Å². The monoisotopic (exact) mass is 230 g/mol. The molecule has 0 unspecified atom stereocenters. The number of ketones is 1. The van der Waals surface area contributed by atoms with Crippen LogP contribution in [0, 0.1) is 0 Å². The van der Waals surface area contributed by atoms with Crippen LogP contribution in [0.1, 0.15) is 51.9 Å². The van der Waals surface area contributed by atoms with Gasteiger partial charge in [-0.25, -0.2) is 0 Å². The van der Waals surface area contributed by atoms with Crippen molar-refractivity contribution >= 4 is 22.6 Å². The van der Waals surface area contributed by atoms with Crippen LogP contribution in [0.3, 0.4) is 0 Å². The topological polar surface area (TPSA) is 34.1 Å². The summed E-state index contributed by atoms with van der Waals surface area (Å²) >= 11 is 4.99. The van der Waals surface area contributed by atoms with Gasteiger partial charge in [-0.3, -0.25) is 9.59 Å². The molecule has 0 aliphatic carbocycles. The van der Waals surface area contributed by atoms with Crippen LogP contribution in [0.15, 0.2) is 12.2 Å². The van der Waals surface area contributed by atoms with Gasteiger partial charge < -0.3 is 0 Å². The number of hydrogen-bond donors (Lipinski definition) is 0. The Morgan fingerprint density at radius 1 is 1.07 bits per heavy atom. The fourth-order valence-corrected chi connectivity index (χ4v) is 1.36. The van der Waals surface area contributed by atoms with E-state index >= 15 is 0 Å². The van der Waals surface area contributed by atoms with Crippen molar-refractivity contribution in [3.05, 3.63) is 12.2 Å². The predicted molar refractivity (Wildman–Crippen MR) is 63.0 cm³/mol. The summed E-state index contributed by atoms with van der Waals surface area (Å²) in [5, 5.41) is -0.908. The number of unbranched alkanes of at least 4 members (excludes halogenated alkanes) is 6. The second-order valence-electron chi connectivity index (χ2n) is 3.60. The Hall–Kier alpha value is -0.630. The predicted octanol–water partition coefficient (Wildman–Crippen LogP) is 3.63. The van der Waals surface area contributed by atoms with Gasteiger partial charge in [0.15, 0.2) is 0 Å². The van der Waals surface area contributed by atoms with Crippen LogP contribution in [-0.4, -0.2) is 11.0 Å². The van der Waals surface area contributed by atoms with E-state index in [0.29, 0.717) is 0 Å². The minimum Gasteiger partial charge on any atom is -0.285 e. The SMILES string of the molecule is CCCCCCCCC=CC(=O)C(=O)Cl. The third kappa shape index (κ3) is 9.67. The maximum absolute atomic E-state index is 10.7. The Balaban J connectivity index is 3.31. The van der Waals surface area contributed by atoms with Gasteiger partial charge >= 0.3 is 0 Å². The number of carbonyl (C=O) groups is 2. The van der Waals surface area contributed by atoms with Gasteiger partial charge in [0.05, 0.1) is 0 Å². The molecule has 0 aliphatic rings. The molecule has 0 saturated heterocycles. The van der Waals surface area contributed by atoms with E-state index in [1.54, 1.807) is 6.08 Å². The molecule has 0 amide bonds. The first-order valence-electron chi connectivity index (χ1n) is 5.58. The fourth-order valence-electron chi connectivity index (χ4n) is 1.30. The zero-order valence-electron chi connectivity index (χ0n) is 9.30. The zero-order valence-corrected chi connectivity index (χ0v) is 10.1. The Kier molecular flexibility index (Phi) is 9.49. The van der Waals surface area contributed by atoms with E-state index in [1.165, 1.54) is 38.2 Å². The van der Waals surface area contributed by atoms with Crippen molar-refractivity contribution in [3.63, 3.8) is 0 Å². The molecule has 0 rings (SSSR count). The Morgan fingerprint density at radius 3 is 2.27 bits per heavy atom. The van der Waals surface area contributed by atoms with E-state index in [1.807, 2.05) is 0 Å². The second kappa shape index (κ2) is 9.91. The largest absolute Gasteiger partial charge is 0.292 e. The van der Waals surface area contributed by atoms with Crippen molar-refractivity contribution < 1.29 is 9.59 Å². The van der Waals surface area contributed by atoms with Crippen LogP contribution in [0.4, 0.5) is 0 Å². The number of halogens is 1. The van der Waals surface area contributed by atoms with E-state index < -0.39 is 11.0 Å². The fraction of sp³-hybridized carbons (Fsp3) is 0.667. The molecule has 0 fully saturated rings. The van der Waals surface area contributed by atoms with Gasteiger partial charge in [0.25, 0.3) is 5.24 Å². The summed E-state index contributed by atoms with van der Waals surface area (Å²) in [5.74, 6) is -0.623. The highest BCUT2D eigenvalue weighted by Crippen LogP contribution is 2.07. The molecular formula is C12H19ClO2. The molecule has 0 N–H and O–H groups in total. The molecule has 0 aromatic heterocycles. The average Bonchev–Trinajstić information content (AvgIpc) is 2.21. The Bertz CT molecular complexity index is 222. The van der Waals surface area contributed by atoms with Gasteiger partial charge in [0.1, 0.15) is 0 Å². The minimum atomic E-state index is -0.908. The molecule has 0 saturated carbocycles. The lowest BCUT2D eigenvalue weighted by Crippen LogP contribution is -2.01. The molecule has 0 aromatic carbocycles. The molecule has 0 radical (unpaired) electrons. The van der Waals surface area contributed by atoms with Gasteiger partial charge in [-0.15, -0.1) is 0 Å². The lowest BCUT2D eigenvalue weighted by atomic mass is 10.1. The molecule has 0 heterocycles. The zero-order chi connectivity index (χ0) is 11.5. The van der Waals surface area contributed by atoms with Gasteiger partial charge in [-0.1, -0.05) is 45.1 Å². The van der Waals surface area contributed by atoms with Gasteiger partial charge in [0, 0.05) is 0 Å². The van der Waals surface area contributed by atoms with Crippen molar-refractivity contribution in [2.45, 2.75) is 51.9 Å². The van der Waals surface area contributed by atoms with Crippen LogP contribution in [0.5, 0.6) is 0 Å². The van der Waals surface area contributed by atoms with E-state index in [9.17, 15) is 9.59 Å². The van der Waals surface area contributed by atoms with Crippen LogP contribution in [0.2, 0.25) is 0 Å². The summed E-state index contributed by atoms with van der Waals surface area (Å²) in [4.78, 5) is 21.1. The Morgan fingerprint density at radius 2 is 1.67 bits per heavy atom. The van der Waals surface area contributed by atoms with Gasteiger partial charge in [0.2, 0.25) is 5.78 Å². The number of allylic oxidation sites excluding steroid dienone is 2. The average molecular weight is 231 g/mol. The second-order valence-corrected chi connectivity index (χ2v) is 3.94. The first kappa shape index (κ1) is 14.4. The maximum atomic E-state index is 10.7. The molecular weight excluding hydrogens is 212 g/mol. The molecule has 0 aromatic rings. The molecule has 2 nitrogen and oxygen atoms in total.